The number of aliphatic hydroxyl groups excluding tert-OH is 1. The van der Waals surface area contributed by atoms with E-state index in [1.807, 2.05) is 17.5 Å². The normalized spacial score (nSPS) is 14.9. The summed E-state index contributed by atoms with van der Waals surface area (Å²) in [4.78, 5) is 0.816. The van der Waals surface area contributed by atoms with Crippen LogP contribution in [0.25, 0.3) is 0 Å². The number of halogens is 1. The molecule has 0 amide bonds. The molecule has 1 aromatic heterocycles. The largest absolute Gasteiger partial charge is 0.496 e. The van der Waals surface area contributed by atoms with Crippen LogP contribution in [0.1, 0.15) is 22.1 Å². The van der Waals surface area contributed by atoms with Crippen molar-refractivity contribution in [3.63, 3.8) is 0 Å². The number of benzene rings is 1. The molecule has 1 unspecified atom stereocenters. The van der Waals surface area contributed by atoms with E-state index in [0.717, 1.165) is 33.9 Å². The second-order valence-corrected chi connectivity index (χ2v) is 5.75. The van der Waals surface area contributed by atoms with Crippen molar-refractivity contribution in [2.45, 2.75) is 12.5 Å². The van der Waals surface area contributed by atoms with Crippen LogP contribution in [0.15, 0.2) is 23.6 Å². The maximum absolute atomic E-state index is 10.5. The van der Waals surface area contributed by atoms with Crippen LogP contribution >= 0.6 is 22.9 Å². The van der Waals surface area contributed by atoms with E-state index in [-0.39, 0.29) is 0 Å². The number of thiophene rings is 1. The summed E-state index contributed by atoms with van der Waals surface area (Å²) in [5.74, 6) is 1.52. The summed E-state index contributed by atoms with van der Waals surface area (Å²) >= 11 is 7.56. The molecule has 1 atom stereocenters. The Morgan fingerprint density at radius 3 is 3.00 bits per heavy atom. The van der Waals surface area contributed by atoms with Crippen LogP contribution in [0.2, 0.25) is 5.02 Å². The minimum atomic E-state index is -0.737. The van der Waals surface area contributed by atoms with Crippen LogP contribution in [-0.2, 0) is 6.42 Å². The van der Waals surface area contributed by atoms with Crippen molar-refractivity contribution in [1.29, 1.82) is 0 Å². The van der Waals surface area contributed by atoms with Gasteiger partial charge in [-0.2, -0.15) is 0 Å². The average Bonchev–Trinajstić information content (AvgIpc) is 3.04. The Bertz CT molecular complexity index is 609. The Morgan fingerprint density at radius 2 is 2.26 bits per heavy atom. The van der Waals surface area contributed by atoms with Gasteiger partial charge < -0.3 is 14.6 Å². The highest BCUT2D eigenvalue weighted by atomic mass is 35.5. The molecule has 2 aromatic rings. The fraction of sp³-hybridized carbons (Fsp3) is 0.286. The van der Waals surface area contributed by atoms with Crippen LogP contribution < -0.4 is 9.47 Å². The van der Waals surface area contributed by atoms with Crippen LogP contribution in [0.4, 0.5) is 0 Å². The van der Waals surface area contributed by atoms with Gasteiger partial charge in [-0.3, -0.25) is 0 Å². The molecule has 0 fully saturated rings. The topological polar surface area (TPSA) is 38.7 Å². The van der Waals surface area contributed by atoms with Gasteiger partial charge in [0.2, 0.25) is 0 Å². The zero-order valence-corrected chi connectivity index (χ0v) is 11.9. The third kappa shape index (κ3) is 2.31. The zero-order valence-electron chi connectivity index (χ0n) is 10.4. The quantitative estimate of drug-likeness (QED) is 0.943. The van der Waals surface area contributed by atoms with Crippen LogP contribution in [0.5, 0.6) is 11.5 Å². The van der Waals surface area contributed by atoms with Gasteiger partial charge in [-0.15, -0.1) is 11.3 Å². The zero-order chi connectivity index (χ0) is 13.4. The lowest BCUT2D eigenvalue weighted by Gasteiger charge is -2.13. The predicted molar refractivity (Wildman–Crippen MR) is 75.6 cm³/mol. The summed E-state index contributed by atoms with van der Waals surface area (Å²) in [5, 5.41) is 13.0. The summed E-state index contributed by atoms with van der Waals surface area (Å²) in [7, 11) is 1.61. The number of fused-ring (bicyclic) bond motifs is 1. The Labute approximate surface area is 120 Å². The van der Waals surface area contributed by atoms with Crippen molar-refractivity contribution in [2.75, 3.05) is 13.7 Å². The fourth-order valence-electron chi connectivity index (χ4n) is 2.24. The molecule has 19 heavy (non-hydrogen) atoms. The molecule has 0 spiro atoms. The molecule has 1 aliphatic heterocycles. The lowest BCUT2D eigenvalue weighted by molar-refractivity contribution is 0.217. The van der Waals surface area contributed by atoms with E-state index >= 15 is 0 Å². The molecule has 3 nitrogen and oxygen atoms in total. The van der Waals surface area contributed by atoms with E-state index in [0.29, 0.717) is 11.6 Å². The van der Waals surface area contributed by atoms with E-state index in [4.69, 9.17) is 21.1 Å². The summed E-state index contributed by atoms with van der Waals surface area (Å²) < 4.78 is 10.8. The molecule has 2 heterocycles. The highest BCUT2D eigenvalue weighted by Gasteiger charge is 2.24. The van der Waals surface area contributed by atoms with E-state index < -0.39 is 6.10 Å². The standard InChI is InChI=1S/C14H13ClO3S/c1-17-10-6-12(19-7-10)13(16)11-5-9(15)4-8-2-3-18-14(8)11/h4-7,13,16H,2-3H2,1H3. The first kappa shape index (κ1) is 12.8. The van der Waals surface area contributed by atoms with E-state index in [1.54, 1.807) is 13.2 Å². The average molecular weight is 297 g/mol. The number of rotatable bonds is 3. The fourth-order valence-corrected chi connectivity index (χ4v) is 3.34. The third-order valence-corrected chi connectivity index (χ3v) is 4.35. The van der Waals surface area contributed by atoms with Gasteiger partial charge in [0.05, 0.1) is 13.7 Å². The molecule has 0 saturated heterocycles. The Morgan fingerprint density at radius 1 is 1.42 bits per heavy atom. The minimum absolute atomic E-state index is 0.627. The van der Waals surface area contributed by atoms with Crippen molar-refractivity contribution in [1.82, 2.24) is 0 Å². The first-order valence-electron chi connectivity index (χ1n) is 5.94. The monoisotopic (exact) mass is 296 g/mol. The number of methoxy groups -OCH3 is 1. The Kier molecular flexibility index (Phi) is 3.39. The van der Waals surface area contributed by atoms with Gasteiger partial charge in [-0.25, -0.2) is 0 Å². The second kappa shape index (κ2) is 5.04. The molecule has 0 saturated carbocycles. The highest BCUT2D eigenvalue weighted by molar-refractivity contribution is 7.10. The molecule has 3 rings (SSSR count). The van der Waals surface area contributed by atoms with Crippen molar-refractivity contribution >= 4 is 22.9 Å². The molecule has 0 radical (unpaired) electrons. The summed E-state index contributed by atoms with van der Waals surface area (Å²) in [6.07, 6.45) is 0.100. The van der Waals surface area contributed by atoms with Crippen molar-refractivity contribution in [3.8, 4) is 11.5 Å². The highest BCUT2D eigenvalue weighted by Crippen LogP contribution is 2.40. The lowest BCUT2D eigenvalue weighted by atomic mass is 10.0. The molecule has 1 N–H and O–H groups in total. The van der Waals surface area contributed by atoms with E-state index in [1.165, 1.54) is 11.3 Å². The van der Waals surface area contributed by atoms with Gasteiger partial charge in [-0.1, -0.05) is 11.6 Å². The summed E-state index contributed by atoms with van der Waals surface area (Å²) in [6, 6.07) is 5.50. The van der Waals surface area contributed by atoms with Gasteiger partial charge in [0.25, 0.3) is 0 Å². The van der Waals surface area contributed by atoms with Crippen molar-refractivity contribution < 1.29 is 14.6 Å². The number of ether oxygens (including phenoxy) is 2. The second-order valence-electron chi connectivity index (χ2n) is 4.37. The number of hydrogen-bond donors (Lipinski definition) is 1. The Hall–Kier alpha value is -1.23. The molecule has 100 valence electrons. The summed E-state index contributed by atoms with van der Waals surface area (Å²) in [5.41, 5.74) is 1.79. The van der Waals surface area contributed by atoms with Crippen molar-refractivity contribution in [2.24, 2.45) is 0 Å². The molecule has 0 bridgehead atoms. The van der Waals surface area contributed by atoms with Gasteiger partial charge in [0.15, 0.2) is 0 Å². The van der Waals surface area contributed by atoms with Crippen LogP contribution in [0.3, 0.4) is 0 Å². The molecular weight excluding hydrogens is 284 g/mol. The third-order valence-electron chi connectivity index (χ3n) is 3.17. The first-order valence-corrected chi connectivity index (χ1v) is 7.20. The SMILES string of the molecule is COc1csc(C(O)c2cc(Cl)cc3c2OCC3)c1. The molecule has 0 aliphatic carbocycles. The number of hydrogen-bond acceptors (Lipinski definition) is 4. The van der Waals surface area contributed by atoms with Gasteiger partial charge in [-0.05, 0) is 23.8 Å². The van der Waals surface area contributed by atoms with E-state index in [9.17, 15) is 5.11 Å². The summed E-state index contributed by atoms with van der Waals surface area (Å²) in [6.45, 7) is 0.642. The van der Waals surface area contributed by atoms with Crippen LogP contribution in [0, 0.1) is 0 Å². The van der Waals surface area contributed by atoms with Gasteiger partial charge >= 0.3 is 0 Å². The Balaban J connectivity index is 2.02. The smallest absolute Gasteiger partial charge is 0.129 e. The lowest BCUT2D eigenvalue weighted by Crippen LogP contribution is -2.00. The van der Waals surface area contributed by atoms with Crippen molar-refractivity contribution in [3.05, 3.63) is 44.6 Å². The predicted octanol–water partition coefficient (Wildman–Crippen LogP) is 3.43. The molecule has 5 heteroatoms. The van der Waals surface area contributed by atoms with Crippen LogP contribution in [-0.4, -0.2) is 18.8 Å². The van der Waals surface area contributed by atoms with E-state index in [2.05, 4.69) is 0 Å². The van der Waals surface area contributed by atoms with Gasteiger partial charge in [0.1, 0.15) is 17.6 Å². The maximum atomic E-state index is 10.5. The molecule has 1 aromatic carbocycles. The molecular formula is C14H13ClO3S. The first-order chi connectivity index (χ1) is 9.19. The number of aliphatic hydroxyl groups is 1. The molecule has 1 aliphatic rings. The maximum Gasteiger partial charge on any atom is 0.129 e. The van der Waals surface area contributed by atoms with Gasteiger partial charge in [0, 0.05) is 27.3 Å². The minimum Gasteiger partial charge on any atom is -0.496 e.